The number of hydrogen-bond acceptors (Lipinski definition) is 6. The van der Waals surface area contributed by atoms with Gasteiger partial charge in [0.1, 0.15) is 20.8 Å². The number of carbonyl (C=O) groups excluding carboxylic acids is 2. The molecule has 0 unspecified atom stereocenters. The lowest BCUT2D eigenvalue weighted by Gasteiger charge is -2.15. The van der Waals surface area contributed by atoms with E-state index in [1.165, 1.54) is 12.1 Å². The molecule has 0 saturated heterocycles. The first-order valence-corrected chi connectivity index (χ1v) is 9.19. The fraction of sp³-hybridized carbons (Fsp3) is 0.0588. The zero-order chi connectivity index (χ0) is 18.9. The summed E-state index contributed by atoms with van der Waals surface area (Å²) in [6, 6.07) is 13.9. The van der Waals surface area contributed by atoms with Gasteiger partial charge in [0.2, 0.25) is 0 Å². The Kier molecular flexibility index (Phi) is 4.82. The van der Waals surface area contributed by atoms with Gasteiger partial charge in [-0.2, -0.15) is 0 Å². The number of nitrogens with zero attached hydrogens (tertiary/aromatic N) is 1. The van der Waals surface area contributed by atoms with Crippen LogP contribution >= 0.6 is 11.6 Å². The van der Waals surface area contributed by atoms with Crippen LogP contribution in [0.1, 0.15) is 5.56 Å². The molecule has 1 aliphatic rings. The Hall–Kier alpha value is -2.68. The maximum atomic E-state index is 12.5. The summed E-state index contributed by atoms with van der Waals surface area (Å²) in [6.45, 7) is 0.0505. The van der Waals surface area contributed by atoms with Gasteiger partial charge in [-0.15, -0.1) is 0 Å². The van der Waals surface area contributed by atoms with Crippen molar-refractivity contribution in [3.8, 4) is 0 Å². The SMILES string of the molecule is O=C1C(Cl)=C(Nc2cccc(S(=O)(=O)[O-])c2)C(=O)N1Cc1ccccc1. The zero-order valence-electron chi connectivity index (χ0n) is 13.2. The fourth-order valence-electron chi connectivity index (χ4n) is 2.44. The Balaban J connectivity index is 1.85. The highest BCUT2D eigenvalue weighted by atomic mass is 35.5. The molecule has 2 aromatic carbocycles. The minimum atomic E-state index is -4.65. The van der Waals surface area contributed by atoms with E-state index in [2.05, 4.69) is 5.32 Å². The minimum Gasteiger partial charge on any atom is -0.744 e. The Morgan fingerprint density at radius 1 is 1.00 bits per heavy atom. The van der Waals surface area contributed by atoms with Gasteiger partial charge in [0.15, 0.2) is 0 Å². The smallest absolute Gasteiger partial charge is 0.279 e. The average Bonchev–Trinajstić information content (AvgIpc) is 2.80. The summed E-state index contributed by atoms with van der Waals surface area (Å²) < 4.78 is 33.3. The van der Waals surface area contributed by atoms with Gasteiger partial charge in [-0.3, -0.25) is 14.5 Å². The molecular formula is C17H12ClN2O5S-. The Morgan fingerprint density at radius 2 is 1.69 bits per heavy atom. The number of hydrogen-bond donors (Lipinski definition) is 1. The van der Waals surface area contributed by atoms with E-state index in [4.69, 9.17) is 11.6 Å². The molecule has 134 valence electrons. The molecule has 0 radical (unpaired) electrons. The fourth-order valence-corrected chi connectivity index (χ4v) is 3.18. The molecule has 1 aliphatic heterocycles. The van der Waals surface area contributed by atoms with Gasteiger partial charge in [-0.1, -0.05) is 48.0 Å². The number of anilines is 1. The molecule has 26 heavy (non-hydrogen) atoms. The third-order valence-electron chi connectivity index (χ3n) is 3.69. The molecule has 2 amide bonds. The molecule has 0 saturated carbocycles. The minimum absolute atomic E-state index is 0.0505. The number of carbonyl (C=O) groups is 2. The van der Waals surface area contributed by atoms with Crippen LogP contribution < -0.4 is 5.32 Å². The first kappa shape index (κ1) is 18.1. The van der Waals surface area contributed by atoms with Crippen molar-refractivity contribution in [2.24, 2.45) is 0 Å². The Bertz CT molecular complexity index is 1020. The normalized spacial score (nSPS) is 14.9. The van der Waals surface area contributed by atoms with Crippen LogP contribution in [0.15, 0.2) is 70.2 Å². The number of imide groups is 1. The molecule has 9 heteroatoms. The van der Waals surface area contributed by atoms with Crippen LogP contribution in [-0.2, 0) is 26.3 Å². The molecule has 7 nitrogen and oxygen atoms in total. The molecule has 3 rings (SSSR count). The number of benzene rings is 2. The van der Waals surface area contributed by atoms with Crippen molar-refractivity contribution < 1.29 is 22.6 Å². The van der Waals surface area contributed by atoms with Gasteiger partial charge < -0.3 is 9.87 Å². The summed E-state index contributed by atoms with van der Waals surface area (Å²) >= 11 is 5.99. The second-order valence-corrected chi connectivity index (χ2v) is 7.24. The van der Waals surface area contributed by atoms with Crippen LogP contribution in [0.5, 0.6) is 0 Å². The van der Waals surface area contributed by atoms with E-state index in [-0.39, 0.29) is 23.0 Å². The van der Waals surface area contributed by atoms with Crippen molar-refractivity contribution in [1.29, 1.82) is 0 Å². The Labute approximate surface area is 154 Å². The molecule has 0 aliphatic carbocycles. The van der Waals surface area contributed by atoms with Crippen molar-refractivity contribution in [2.75, 3.05) is 5.32 Å². The van der Waals surface area contributed by atoms with Crippen molar-refractivity contribution in [3.05, 3.63) is 70.9 Å². The molecule has 1 N–H and O–H groups in total. The standard InChI is InChI=1S/C17H13ClN2O5S/c18-14-15(19-12-7-4-8-13(9-12)26(23,24)25)17(22)20(16(14)21)10-11-5-2-1-3-6-11/h1-9,19H,10H2,(H,23,24,25)/p-1. The molecule has 1 heterocycles. The monoisotopic (exact) mass is 391 g/mol. The summed E-state index contributed by atoms with van der Waals surface area (Å²) in [4.78, 5) is 25.3. The lowest BCUT2D eigenvalue weighted by Crippen LogP contribution is -2.31. The van der Waals surface area contributed by atoms with Gasteiger partial charge in [-0.25, -0.2) is 8.42 Å². The molecule has 0 aromatic heterocycles. The number of nitrogens with one attached hydrogen (secondary N) is 1. The van der Waals surface area contributed by atoms with Crippen LogP contribution in [0, 0.1) is 0 Å². The summed E-state index contributed by atoms with van der Waals surface area (Å²) in [5, 5.41) is 2.33. The van der Waals surface area contributed by atoms with Gasteiger partial charge >= 0.3 is 0 Å². The third-order valence-corrected chi connectivity index (χ3v) is 4.87. The Morgan fingerprint density at radius 3 is 2.35 bits per heavy atom. The van der Waals surface area contributed by atoms with Gasteiger partial charge in [0.25, 0.3) is 11.8 Å². The van der Waals surface area contributed by atoms with E-state index in [9.17, 15) is 22.6 Å². The number of halogens is 1. The lowest BCUT2D eigenvalue weighted by atomic mass is 10.2. The van der Waals surface area contributed by atoms with Crippen molar-refractivity contribution >= 4 is 39.2 Å². The van der Waals surface area contributed by atoms with E-state index >= 15 is 0 Å². The predicted molar refractivity (Wildman–Crippen MR) is 92.9 cm³/mol. The van der Waals surface area contributed by atoms with Crippen molar-refractivity contribution in [3.63, 3.8) is 0 Å². The maximum Gasteiger partial charge on any atom is 0.279 e. The second kappa shape index (κ2) is 6.91. The van der Waals surface area contributed by atoms with Crippen molar-refractivity contribution in [1.82, 2.24) is 4.90 Å². The lowest BCUT2D eigenvalue weighted by molar-refractivity contribution is -0.138. The summed E-state index contributed by atoms with van der Waals surface area (Å²) in [6.07, 6.45) is 0. The van der Waals surface area contributed by atoms with Crippen LogP contribution in [0.25, 0.3) is 0 Å². The summed E-state index contributed by atoms with van der Waals surface area (Å²) in [7, 11) is -4.65. The molecule has 0 fully saturated rings. The highest BCUT2D eigenvalue weighted by molar-refractivity contribution is 7.85. The quantitative estimate of drug-likeness (QED) is 0.617. The average molecular weight is 392 g/mol. The predicted octanol–water partition coefficient (Wildman–Crippen LogP) is 2.02. The molecule has 0 bridgehead atoms. The van der Waals surface area contributed by atoms with Gasteiger partial charge in [0.05, 0.1) is 11.4 Å². The van der Waals surface area contributed by atoms with Crippen LogP contribution in [0.2, 0.25) is 0 Å². The van der Waals surface area contributed by atoms with Crippen LogP contribution in [0.4, 0.5) is 5.69 Å². The van der Waals surface area contributed by atoms with Crippen molar-refractivity contribution in [2.45, 2.75) is 11.4 Å². The molecule has 0 atom stereocenters. The largest absolute Gasteiger partial charge is 0.744 e. The molecular weight excluding hydrogens is 380 g/mol. The summed E-state index contributed by atoms with van der Waals surface area (Å²) in [5.74, 6) is -1.30. The van der Waals surface area contributed by atoms with E-state index in [1.807, 2.05) is 6.07 Å². The summed E-state index contributed by atoms with van der Waals surface area (Å²) in [5.41, 5.74) is 0.727. The van der Waals surface area contributed by atoms with E-state index in [0.29, 0.717) is 0 Å². The van der Waals surface area contributed by atoms with E-state index < -0.39 is 26.8 Å². The first-order valence-electron chi connectivity index (χ1n) is 7.40. The van der Waals surface area contributed by atoms with Gasteiger partial charge in [0, 0.05) is 5.69 Å². The highest BCUT2D eigenvalue weighted by Crippen LogP contribution is 2.27. The van der Waals surface area contributed by atoms with E-state index in [1.54, 1.807) is 24.3 Å². The number of rotatable bonds is 5. The molecule has 0 spiro atoms. The van der Waals surface area contributed by atoms with Crippen LogP contribution in [-0.4, -0.2) is 29.7 Å². The maximum absolute atomic E-state index is 12.5. The highest BCUT2D eigenvalue weighted by Gasteiger charge is 2.37. The third kappa shape index (κ3) is 3.62. The second-order valence-electron chi connectivity index (χ2n) is 5.48. The topological polar surface area (TPSA) is 107 Å². The molecule has 2 aromatic rings. The first-order chi connectivity index (χ1) is 12.3. The van der Waals surface area contributed by atoms with E-state index in [0.717, 1.165) is 22.6 Å². The number of amides is 2. The van der Waals surface area contributed by atoms with Crippen LogP contribution in [0.3, 0.4) is 0 Å². The zero-order valence-corrected chi connectivity index (χ0v) is 14.8. The van der Waals surface area contributed by atoms with Gasteiger partial charge in [-0.05, 0) is 23.8 Å².